The van der Waals surface area contributed by atoms with Gasteiger partial charge in [0.2, 0.25) is 10.0 Å². The molecule has 1 heterocycles. The van der Waals surface area contributed by atoms with Crippen molar-refractivity contribution in [3.8, 4) is 22.4 Å². The smallest absolute Gasteiger partial charge is 0.235 e. The lowest BCUT2D eigenvalue weighted by Crippen LogP contribution is -2.12. The average Bonchev–Trinajstić information content (AvgIpc) is 3.01. The number of rotatable bonds is 4. The van der Waals surface area contributed by atoms with Crippen LogP contribution in [0.3, 0.4) is 0 Å². The van der Waals surface area contributed by atoms with Gasteiger partial charge >= 0.3 is 6.18 Å². The summed E-state index contributed by atoms with van der Waals surface area (Å²) >= 11 is 12.1. The number of hydrogen-bond acceptors (Lipinski definition) is 3. The molecule has 0 aliphatic rings. The Hall–Kier alpha value is -2.33. The largest absolute Gasteiger partial charge is 0.434 e. The Labute approximate surface area is 180 Å². The van der Waals surface area contributed by atoms with Crippen LogP contribution in [0.2, 0.25) is 10.0 Å². The predicted octanol–water partition coefficient (Wildman–Crippen LogP) is 5.68. The van der Waals surface area contributed by atoms with E-state index in [-0.39, 0.29) is 37.3 Å². The minimum atomic E-state index is -4.76. The first kappa shape index (κ1) is 22.4. The Bertz CT molecular complexity index is 1240. The molecule has 0 radical (unpaired) electrons. The van der Waals surface area contributed by atoms with Gasteiger partial charge in [0.1, 0.15) is 5.69 Å². The number of allylic oxidation sites excluding steroid dienone is 1. The molecular weight excluding hydrogens is 462 g/mol. The highest BCUT2D eigenvalue weighted by Gasteiger charge is 2.40. The second-order valence-electron chi connectivity index (χ2n) is 6.19. The maximum atomic E-state index is 14.0. The Morgan fingerprint density at radius 3 is 2.23 bits per heavy atom. The number of nitrogens with two attached hydrogens (primary N) is 1. The van der Waals surface area contributed by atoms with Crippen molar-refractivity contribution in [2.24, 2.45) is 5.14 Å². The Morgan fingerprint density at radius 1 is 1.10 bits per heavy atom. The van der Waals surface area contributed by atoms with Crippen LogP contribution in [-0.4, -0.2) is 18.2 Å². The lowest BCUT2D eigenvalue weighted by Gasteiger charge is -2.12. The first-order valence-corrected chi connectivity index (χ1v) is 10.6. The molecule has 1 aromatic heterocycles. The second-order valence-corrected chi connectivity index (χ2v) is 8.60. The molecule has 0 fully saturated rings. The third kappa shape index (κ3) is 4.39. The van der Waals surface area contributed by atoms with E-state index in [2.05, 4.69) is 5.10 Å². The molecule has 0 spiro atoms. The molecule has 0 bridgehead atoms. The number of hydrogen-bond donors (Lipinski definition) is 1. The Morgan fingerprint density at radius 2 is 1.73 bits per heavy atom. The SMILES string of the molecule is CC=Cn1nc(-c2ccc(S(N)(=O)=O)cc2)c(-c2ccc(Cl)cc2Cl)c1C(F)(F)F. The molecule has 11 heteroatoms. The van der Waals surface area contributed by atoms with Crippen LogP contribution in [-0.2, 0) is 16.2 Å². The summed E-state index contributed by atoms with van der Waals surface area (Å²) in [7, 11) is -3.96. The zero-order chi connectivity index (χ0) is 22.3. The van der Waals surface area contributed by atoms with Gasteiger partial charge in [-0.2, -0.15) is 18.3 Å². The normalized spacial score (nSPS) is 12.6. The number of sulfonamides is 1. The van der Waals surface area contributed by atoms with Crippen LogP contribution < -0.4 is 5.14 Å². The second kappa shape index (κ2) is 8.07. The molecule has 2 N–H and O–H groups in total. The van der Waals surface area contributed by atoms with Crippen LogP contribution in [0.1, 0.15) is 12.6 Å². The summed E-state index contributed by atoms with van der Waals surface area (Å²) in [6.07, 6.45) is -2.19. The molecule has 0 amide bonds. The molecule has 0 unspecified atom stereocenters. The highest BCUT2D eigenvalue weighted by Crippen LogP contribution is 2.45. The van der Waals surface area contributed by atoms with E-state index in [0.717, 1.165) is 0 Å². The summed E-state index contributed by atoms with van der Waals surface area (Å²) in [5.74, 6) is 0. The van der Waals surface area contributed by atoms with Crippen LogP contribution in [0.25, 0.3) is 28.6 Å². The summed E-state index contributed by atoms with van der Waals surface area (Å²) in [4.78, 5) is -0.179. The zero-order valence-electron chi connectivity index (χ0n) is 15.3. The molecule has 158 valence electrons. The van der Waals surface area contributed by atoms with Gasteiger partial charge in [-0.3, -0.25) is 0 Å². The number of nitrogens with zero attached hydrogens (tertiary/aromatic N) is 2. The molecular formula is C19H14Cl2F3N3O2S. The van der Waals surface area contributed by atoms with Crippen molar-refractivity contribution in [2.45, 2.75) is 18.0 Å². The van der Waals surface area contributed by atoms with Gasteiger partial charge in [0.05, 0.1) is 9.92 Å². The van der Waals surface area contributed by atoms with E-state index in [1.165, 1.54) is 54.7 Å². The van der Waals surface area contributed by atoms with E-state index in [1.54, 1.807) is 6.92 Å². The molecule has 3 aromatic rings. The third-order valence-corrected chi connectivity index (χ3v) is 5.60. The van der Waals surface area contributed by atoms with Gasteiger partial charge in [0.15, 0.2) is 5.69 Å². The average molecular weight is 476 g/mol. The van der Waals surface area contributed by atoms with Crippen molar-refractivity contribution in [2.75, 3.05) is 0 Å². The molecule has 2 aromatic carbocycles. The highest BCUT2D eigenvalue weighted by molar-refractivity contribution is 7.89. The number of primary sulfonamides is 1. The zero-order valence-corrected chi connectivity index (χ0v) is 17.6. The fourth-order valence-electron chi connectivity index (χ4n) is 2.91. The van der Waals surface area contributed by atoms with Crippen molar-refractivity contribution < 1.29 is 21.6 Å². The Kier molecular flexibility index (Phi) is 6.01. The van der Waals surface area contributed by atoms with Crippen LogP contribution in [0.4, 0.5) is 13.2 Å². The number of benzene rings is 2. The molecule has 0 atom stereocenters. The maximum Gasteiger partial charge on any atom is 0.434 e. The van der Waals surface area contributed by atoms with Crippen molar-refractivity contribution >= 4 is 39.4 Å². The van der Waals surface area contributed by atoms with E-state index in [9.17, 15) is 21.6 Å². The first-order valence-electron chi connectivity index (χ1n) is 8.34. The molecule has 0 aliphatic carbocycles. The fourth-order valence-corrected chi connectivity index (χ4v) is 3.93. The number of aromatic nitrogens is 2. The number of halogens is 5. The number of alkyl halides is 3. The summed E-state index contributed by atoms with van der Waals surface area (Å²) in [6, 6.07) is 9.17. The van der Waals surface area contributed by atoms with Crippen LogP contribution >= 0.6 is 23.2 Å². The molecule has 0 saturated carbocycles. The van der Waals surface area contributed by atoms with Crippen LogP contribution in [0.5, 0.6) is 0 Å². The van der Waals surface area contributed by atoms with E-state index >= 15 is 0 Å². The maximum absolute atomic E-state index is 14.0. The summed E-state index contributed by atoms with van der Waals surface area (Å²) in [6.45, 7) is 1.55. The molecule has 5 nitrogen and oxygen atoms in total. The van der Waals surface area contributed by atoms with E-state index in [1.807, 2.05) is 0 Å². The van der Waals surface area contributed by atoms with E-state index < -0.39 is 21.9 Å². The van der Waals surface area contributed by atoms with Crippen molar-refractivity contribution in [1.29, 1.82) is 0 Å². The molecule has 0 saturated heterocycles. The lowest BCUT2D eigenvalue weighted by molar-refractivity contribution is -0.142. The minimum absolute atomic E-state index is 0.00966. The van der Waals surface area contributed by atoms with E-state index in [0.29, 0.717) is 4.68 Å². The van der Waals surface area contributed by atoms with Crippen molar-refractivity contribution in [3.63, 3.8) is 0 Å². The van der Waals surface area contributed by atoms with Crippen LogP contribution in [0, 0.1) is 0 Å². The van der Waals surface area contributed by atoms with Gasteiger partial charge < -0.3 is 0 Å². The first-order chi connectivity index (χ1) is 13.9. The topological polar surface area (TPSA) is 78.0 Å². The monoisotopic (exact) mass is 475 g/mol. The summed E-state index contributed by atoms with van der Waals surface area (Å²) in [5.41, 5.74) is -1.00. The van der Waals surface area contributed by atoms with Crippen molar-refractivity contribution in [1.82, 2.24) is 9.78 Å². The van der Waals surface area contributed by atoms with Gasteiger partial charge in [-0.1, -0.05) is 47.5 Å². The predicted molar refractivity (Wildman–Crippen MR) is 110 cm³/mol. The summed E-state index contributed by atoms with van der Waals surface area (Å²) in [5, 5.41) is 9.47. The van der Waals surface area contributed by atoms with Gasteiger partial charge in [-0.25, -0.2) is 18.2 Å². The van der Waals surface area contributed by atoms with E-state index in [4.69, 9.17) is 28.3 Å². The fraction of sp³-hybridized carbons (Fsp3) is 0.105. The van der Waals surface area contributed by atoms with Gasteiger partial charge in [-0.05, 0) is 31.2 Å². The summed E-state index contributed by atoms with van der Waals surface area (Å²) < 4.78 is 65.7. The highest BCUT2D eigenvalue weighted by atomic mass is 35.5. The standard InChI is InChI=1S/C19H14Cl2F3N3O2S/c1-2-9-27-18(19(22,23)24)16(14-8-5-12(20)10-15(14)21)17(26-27)11-3-6-13(7-4-11)30(25,28)29/h2-10H,1H3,(H2,25,28,29). The van der Waals surface area contributed by atoms with Crippen LogP contribution in [0.15, 0.2) is 53.4 Å². The molecule has 30 heavy (non-hydrogen) atoms. The lowest BCUT2D eigenvalue weighted by atomic mass is 9.98. The van der Waals surface area contributed by atoms with Gasteiger partial charge in [-0.15, -0.1) is 0 Å². The third-order valence-electron chi connectivity index (χ3n) is 4.13. The van der Waals surface area contributed by atoms with Gasteiger partial charge in [0, 0.05) is 27.9 Å². The minimum Gasteiger partial charge on any atom is -0.235 e. The van der Waals surface area contributed by atoms with Gasteiger partial charge in [0.25, 0.3) is 0 Å². The van der Waals surface area contributed by atoms with Crippen molar-refractivity contribution in [3.05, 3.63) is 64.3 Å². The molecule has 3 rings (SSSR count). The quantitative estimate of drug-likeness (QED) is 0.526. The molecule has 0 aliphatic heterocycles. The Balaban J connectivity index is 2.37.